The Morgan fingerprint density at radius 1 is 1.41 bits per heavy atom. The Labute approximate surface area is 102 Å². The number of rotatable bonds is 3. The molecule has 3 rings (SSSR count). The van der Waals surface area contributed by atoms with Gasteiger partial charge in [-0.15, -0.1) is 0 Å². The van der Waals surface area contributed by atoms with Crippen LogP contribution in [-0.2, 0) is 5.41 Å². The van der Waals surface area contributed by atoms with Crippen molar-refractivity contribution in [1.82, 2.24) is 0 Å². The summed E-state index contributed by atoms with van der Waals surface area (Å²) in [5, 5.41) is 0. The van der Waals surface area contributed by atoms with E-state index in [2.05, 4.69) is 19.9 Å². The van der Waals surface area contributed by atoms with Crippen LogP contribution in [0.25, 0.3) is 0 Å². The van der Waals surface area contributed by atoms with Gasteiger partial charge in [-0.2, -0.15) is 0 Å². The molecule has 0 saturated heterocycles. The standard InChI is InChI=1S/C14H19NO2/c1-9(2)11-6-14(11,7-15)10-4-3-5-12-13(10)17-8-16-12/h3-5,9,11H,6-8,15H2,1-2H3. The van der Waals surface area contributed by atoms with Crippen LogP contribution in [0.4, 0.5) is 0 Å². The maximum atomic E-state index is 6.03. The van der Waals surface area contributed by atoms with E-state index >= 15 is 0 Å². The minimum Gasteiger partial charge on any atom is -0.454 e. The number of hydrogen-bond acceptors (Lipinski definition) is 3. The van der Waals surface area contributed by atoms with Crippen LogP contribution >= 0.6 is 0 Å². The van der Waals surface area contributed by atoms with Crippen molar-refractivity contribution in [1.29, 1.82) is 0 Å². The minimum absolute atomic E-state index is 0.118. The first-order valence-electron chi connectivity index (χ1n) is 6.28. The van der Waals surface area contributed by atoms with Crippen molar-refractivity contribution < 1.29 is 9.47 Å². The maximum absolute atomic E-state index is 6.03. The molecule has 2 atom stereocenters. The van der Waals surface area contributed by atoms with Gasteiger partial charge in [0.15, 0.2) is 11.5 Å². The summed E-state index contributed by atoms with van der Waals surface area (Å²) in [5.74, 6) is 3.12. The number of nitrogens with two attached hydrogens (primary N) is 1. The second-order valence-electron chi connectivity index (χ2n) is 5.45. The van der Waals surface area contributed by atoms with Gasteiger partial charge in [0, 0.05) is 17.5 Å². The molecule has 1 aromatic carbocycles. The third-order valence-corrected chi connectivity index (χ3v) is 4.24. The summed E-state index contributed by atoms with van der Waals surface area (Å²) in [5.41, 5.74) is 7.39. The highest BCUT2D eigenvalue weighted by Gasteiger charge is 2.57. The zero-order valence-electron chi connectivity index (χ0n) is 10.4. The van der Waals surface area contributed by atoms with Crippen LogP contribution in [0.1, 0.15) is 25.8 Å². The van der Waals surface area contributed by atoms with E-state index in [1.54, 1.807) is 0 Å². The summed E-state index contributed by atoms with van der Waals surface area (Å²) >= 11 is 0. The van der Waals surface area contributed by atoms with Crippen molar-refractivity contribution in [2.24, 2.45) is 17.6 Å². The van der Waals surface area contributed by atoms with E-state index in [1.807, 2.05) is 12.1 Å². The van der Waals surface area contributed by atoms with Crippen LogP contribution in [0, 0.1) is 11.8 Å². The largest absolute Gasteiger partial charge is 0.454 e. The topological polar surface area (TPSA) is 44.5 Å². The second-order valence-corrected chi connectivity index (χ2v) is 5.45. The van der Waals surface area contributed by atoms with Crippen LogP contribution in [0.5, 0.6) is 11.5 Å². The molecule has 0 spiro atoms. The zero-order chi connectivity index (χ0) is 12.0. The molecule has 1 aromatic rings. The van der Waals surface area contributed by atoms with Crippen LogP contribution in [0.3, 0.4) is 0 Å². The van der Waals surface area contributed by atoms with Gasteiger partial charge >= 0.3 is 0 Å². The van der Waals surface area contributed by atoms with Crippen molar-refractivity contribution in [3.05, 3.63) is 23.8 Å². The molecule has 3 heteroatoms. The zero-order valence-corrected chi connectivity index (χ0v) is 10.4. The third-order valence-electron chi connectivity index (χ3n) is 4.24. The summed E-state index contributed by atoms with van der Waals surface area (Å²) in [6.07, 6.45) is 1.17. The molecule has 0 bridgehead atoms. The van der Waals surface area contributed by atoms with Crippen LogP contribution < -0.4 is 15.2 Å². The van der Waals surface area contributed by atoms with Crippen molar-refractivity contribution in [3.8, 4) is 11.5 Å². The Kier molecular flexibility index (Phi) is 2.33. The van der Waals surface area contributed by atoms with E-state index in [0.29, 0.717) is 25.2 Å². The summed E-state index contributed by atoms with van der Waals surface area (Å²) in [7, 11) is 0. The van der Waals surface area contributed by atoms with Crippen LogP contribution in [-0.4, -0.2) is 13.3 Å². The molecule has 1 aliphatic heterocycles. The van der Waals surface area contributed by atoms with Crippen molar-refractivity contribution in [2.75, 3.05) is 13.3 Å². The lowest BCUT2D eigenvalue weighted by Crippen LogP contribution is -2.24. The molecule has 0 amide bonds. The molecule has 92 valence electrons. The maximum Gasteiger partial charge on any atom is 0.231 e. The van der Waals surface area contributed by atoms with E-state index in [0.717, 1.165) is 11.5 Å². The number of para-hydroxylation sites is 1. The van der Waals surface area contributed by atoms with Crippen LogP contribution in [0.2, 0.25) is 0 Å². The molecule has 2 aliphatic rings. The molecule has 0 aromatic heterocycles. The summed E-state index contributed by atoms with van der Waals surface area (Å²) in [6.45, 7) is 5.56. The monoisotopic (exact) mass is 233 g/mol. The lowest BCUT2D eigenvalue weighted by atomic mass is 9.88. The van der Waals surface area contributed by atoms with E-state index < -0.39 is 0 Å². The quantitative estimate of drug-likeness (QED) is 0.871. The highest BCUT2D eigenvalue weighted by Crippen LogP contribution is 2.60. The molecule has 1 fully saturated rings. The van der Waals surface area contributed by atoms with Gasteiger partial charge in [-0.3, -0.25) is 0 Å². The predicted molar refractivity (Wildman–Crippen MR) is 66.2 cm³/mol. The molecule has 1 saturated carbocycles. The van der Waals surface area contributed by atoms with Gasteiger partial charge < -0.3 is 15.2 Å². The molecular formula is C14H19NO2. The first-order chi connectivity index (χ1) is 8.19. The molecule has 17 heavy (non-hydrogen) atoms. The average Bonchev–Trinajstić information content (AvgIpc) is 2.89. The minimum atomic E-state index is 0.118. The Morgan fingerprint density at radius 2 is 2.24 bits per heavy atom. The fourth-order valence-corrected chi connectivity index (χ4v) is 3.18. The fourth-order valence-electron chi connectivity index (χ4n) is 3.18. The smallest absolute Gasteiger partial charge is 0.231 e. The number of fused-ring (bicyclic) bond motifs is 1. The first kappa shape index (κ1) is 10.9. The fraction of sp³-hybridized carbons (Fsp3) is 0.571. The average molecular weight is 233 g/mol. The molecular weight excluding hydrogens is 214 g/mol. The highest BCUT2D eigenvalue weighted by molar-refractivity contribution is 5.54. The van der Waals surface area contributed by atoms with E-state index in [1.165, 1.54) is 12.0 Å². The van der Waals surface area contributed by atoms with Gasteiger partial charge in [0.1, 0.15) is 0 Å². The molecule has 1 aliphatic carbocycles. The summed E-state index contributed by atoms with van der Waals surface area (Å²) < 4.78 is 11.0. The molecule has 1 heterocycles. The van der Waals surface area contributed by atoms with E-state index in [9.17, 15) is 0 Å². The molecule has 0 radical (unpaired) electrons. The van der Waals surface area contributed by atoms with E-state index in [4.69, 9.17) is 15.2 Å². The molecule has 2 unspecified atom stereocenters. The molecule has 2 N–H and O–H groups in total. The lowest BCUT2D eigenvalue weighted by molar-refractivity contribution is 0.172. The van der Waals surface area contributed by atoms with Gasteiger partial charge in [0.05, 0.1) is 0 Å². The van der Waals surface area contributed by atoms with E-state index in [-0.39, 0.29) is 5.41 Å². The van der Waals surface area contributed by atoms with Crippen LogP contribution in [0.15, 0.2) is 18.2 Å². The molecule has 3 nitrogen and oxygen atoms in total. The van der Waals surface area contributed by atoms with Crippen molar-refractivity contribution >= 4 is 0 Å². The number of ether oxygens (including phenoxy) is 2. The Bertz CT molecular complexity index is 444. The Morgan fingerprint density at radius 3 is 2.88 bits per heavy atom. The Balaban J connectivity index is 2.02. The summed E-state index contributed by atoms with van der Waals surface area (Å²) in [4.78, 5) is 0. The van der Waals surface area contributed by atoms with Crippen molar-refractivity contribution in [3.63, 3.8) is 0 Å². The normalized spacial score (nSPS) is 29.8. The number of hydrogen-bond donors (Lipinski definition) is 1. The third kappa shape index (κ3) is 1.45. The van der Waals surface area contributed by atoms with Gasteiger partial charge in [-0.25, -0.2) is 0 Å². The SMILES string of the molecule is CC(C)C1CC1(CN)c1cccc2c1OCO2. The summed E-state index contributed by atoms with van der Waals surface area (Å²) in [6, 6.07) is 6.14. The van der Waals surface area contributed by atoms with Gasteiger partial charge in [-0.1, -0.05) is 26.0 Å². The van der Waals surface area contributed by atoms with Gasteiger partial charge in [0.2, 0.25) is 6.79 Å². The second kappa shape index (κ2) is 3.64. The Hall–Kier alpha value is -1.22. The number of benzene rings is 1. The first-order valence-corrected chi connectivity index (χ1v) is 6.28. The van der Waals surface area contributed by atoms with Gasteiger partial charge in [-0.05, 0) is 24.3 Å². The lowest BCUT2D eigenvalue weighted by Gasteiger charge is -2.19. The van der Waals surface area contributed by atoms with Gasteiger partial charge in [0.25, 0.3) is 0 Å². The van der Waals surface area contributed by atoms with Crippen molar-refractivity contribution in [2.45, 2.75) is 25.7 Å². The highest BCUT2D eigenvalue weighted by atomic mass is 16.7. The predicted octanol–water partition coefficient (Wildman–Crippen LogP) is 2.29.